The second-order valence-corrected chi connectivity index (χ2v) is 7.28. The lowest BCUT2D eigenvalue weighted by Gasteiger charge is -2.04. The smallest absolute Gasteiger partial charge is 0.161 e. The first-order valence-electron chi connectivity index (χ1n) is 10.1. The summed E-state index contributed by atoms with van der Waals surface area (Å²) < 4.78 is 5.37. The quantitative estimate of drug-likeness (QED) is 0.431. The number of H-pyrrole nitrogens is 2. The molecule has 0 saturated heterocycles. The van der Waals surface area contributed by atoms with Crippen molar-refractivity contribution in [2.45, 2.75) is 0 Å². The summed E-state index contributed by atoms with van der Waals surface area (Å²) in [7, 11) is 1.65. The summed E-state index contributed by atoms with van der Waals surface area (Å²) in [6, 6.07) is 17.5. The van der Waals surface area contributed by atoms with Crippen molar-refractivity contribution in [3.05, 3.63) is 73.2 Å². The number of pyridine rings is 3. The van der Waals surface area contributed by atoms with Gasteiger partial charge < -0.3 is 9.72 Å². The molecular formula is C24H17N7O. The molecule has 8 nitrogen and oxygen atoms in total. The Hall–Kier alpha value is -4.59. The number of methoxy groups -OCH3 is 1. The summed E-state index contributed by atoms with van der Waals surface area (Å²) in [6.45, 7) is 0. The van der Waals surface area contributed by atoms with Crippen LogP contribution in [0, 0.1) is 0 Å². The van der Waals surface area contributed by atoms with E-state index in [4.69, 9.17) is 14.7 Å². The Balaban J connectivity index is 1.50. The molecule has 6 rings (SSSR count). The van der Waals surface area contributed by atoms with E-state index in [9.17, 15) is 0 Å². The zero-order chi connectivity index (χ0) is 21.5. The molecular weight excluding hydrogens is 402 g/mol. The van der Waals surface area contributed by atoms with E-state index in [-0.39, 0.29) is 0 Å². The first kappa shape index (κ1) is 18.2. The van der Waals surface area contributed by atoms with Gasteiger partial charge in [-0.2, -0.15) is 5.10 Å². The highest BCUT2D eigenvalue weighted by atomic mass is 16.5. The highest BCUT2D eigenvalue weighted by Gasteiger charge is 2.17. The number of imidazole rings is 1. The van der Waals surface area contributed by atoms with Crippen molar-refractivity contribution in [2.75, 3.05) is 7.11 Å². The number of rotatable bonds is 4. The Morgan fingerprint density at radius 1 is 0.812 bits per heavy atom. The molecule has 0 aliphatic carbocycles. The van der Waals surface area contributed by atoms with Crippen molar-refractivity contribution in [3.8, 4) is 39.8 Å². The third-order valence-corrected chi connectivity index (χ3v) is 5.33. The van der Waals surface area contributed by atoms with Crippen LogP contribution in [0.4, 0.5) is 0 Å². The lowest BCUT2D eigenvalue weighted by Crippen LogP contribution is -1.88. The number of ether oxygens (including phenoxy) is 1. The molecule has 2 N–H and O–H groups in total. The number of aromatic nitrogens is 7. The van der Waals surface area contributed by atoms with Gasteiger partial charge in [0.25, 0.3) is 0 Å². The summed E-state index contributed by atoms with van der Waals surface area (Å²) in [6.07, 6.45) is 5.30. The van der Waals surface area contributed by atoms with Crippen molar-refractivity contribution in [1.82, 2.24) is 35.1 Å². The van der Waals surface area contributed by atoms with Crippen LogP contribution in [-0.4, -0.2) is 42.2 Å². The SMILES string of the molecule is COc1cccc(-c2nccc3[nH]c(-c4n[nH]c5ccc(-c6cccnc6)nc45)nc23)c1. The molecule has 1 aromatic carbocycles. The molecule has 6 aromatic rings. The molecule has 0 bridgehead atoms. The van der Waals surface area contributed by atoms with Crippen molar-refractivity contribution in [1.29, 1.82) is 0 Å². The van der Waals surface area contributed by atoms with E-state index in [0.29, 0.717) is 11.5 Å². The largest absolute Gasteiger partial charge is 0.497 e. The fraction of sp³-hybridized carbons (Fsp3) is 0.0417. The summed E-state index contributed by atoms with van der Waals surface area (Å²) in [5.41, 5.74) is 7.31. The molecule has 0 saturated carbocycles. The van der Waals surface area contributed by atoms with E-state index < -0.39 is 0 Å². The third-order valence-electron chi connectivity index (χ3n) is 5.33. The van der Waals surface area contributed by atoms with E-state index in [1.54, 1.807) is 25.7 Å². The van der Waals surface area contributed by atoms with Crippen LogP contribution >= 0.6 is 0 Å². The minimum Gasteiger partial charge on any atom is -0.497 e. The van der Waals surface area contributed by atoms with E-state index in [1.807, 2.05) is 54.6 Å². The number of fused-ring (bicyclic) bond motifs is 2. The van der Waals surface area contributed by atoms with Crippen LogP contribution in [0.5, 0.6) is 5.75 Å². The highest BCUT2D eigenvalue weighted by Crippen LogP contribution is 2.31. The molecule has 154 valence electrons. The molecule has 0 radical (unpaired) electrons. The molecule has 0 aliphatic rings. The highest BCUT2D eigenvalue weighted by molar-refractivity contribution is 5.95. The molecule has 32 heavy (non-hydrogen) atoms. The molecule has 0 aliphatic heterocycles. The van der Waals surface area contributed by atoms with E-state index in [2.05, 4.69) is 25.1 Å². The Morgan fingerprint density at radius 2 is 1.72 bits per heavy atom. The van der Waals surface area contributed by atoms with Gasteiger partial charge >= 0.3 is 0 Å². The summed E-state index contributed by atoms with van der Waals surface area (Å²) in [5, 5.41) is 7.54. The van der Waals surface area contributed by atoms with E-state index in [0.717, 1.165) is 50.3 Å². The number of aromatic amines is 2. The minimum atomic E-state index is 0.624. The van der Waals surface area contributed by atoms with Crippen molar-refractivity contribution in [3.63, 3.8) is 0 Å². The zero-order valence-corrected chi connectivity index (χ0v) is 17.1. The van der Waals surface area contributed by atoms with Gasteiger partial charge in [-0.3, -0.25) is 15.1 Å². The molecule has 0 spiro atoms. The third kappa shape index (κ3) is 2.97. The van der Waals surface area contributed by atoms with E-state index in [1.165, 1.54) is 0 Å². The van der Waals surface area contributed by atoms with Crippen LogP contribution in [0.25, 0.3) is 56.1 Å². The maximum Gasteiger partial charge on any atom is 0.161 e. The fourth-order valence-corrected chi connectivity index (χ4v) is 3.77. The molecule has 8 heteroatoms. The Labute approximate surface area is 182 Å². The van der Waals surface area contributed by atoms with Gasteiger partial charge in [0, 0.05) is 29.7 Å². The first-order valence-corrected chi connectivity index (χ1v) is 10.1. The standard InChI is InChI=1S/C24H17N7O/c1-32-16-6-2-4-14(12-16)20-21-18(9-11-26-20)28-24(29-21)23-22-19(30-31-23)8-7-17(27-22)15-5-3-10-25-13-15/h2-13H,1H3,(H,28,29)(H,30,31). The normalized spacial score (nSPS) is 11.3. The monoisotopic (exact) mass is 419 g/mol. The molecule has 0 unspecified atom stereocenters. The number of benzene rings is 1. The predicted octanol–water partition coefficient (Wildman–Crippen LogP) is 4.63. The molecule has 0 atom stereocenters. The van der Waals surface area contributed by atoms with Crippen LogP contribution in [0.15, 0.2) is 73.2 Å². The van der Waals surface area contributed by atoms with Gasteiger partial charge in [0.2, 0.25) is 0 Å². The minimum absolute atomic E-state index is 0.624. The second-order valence-electron chi connectivity index (χ2n) is 7.28. The van der Waals surface area contributed by atoms with Crippen LogP contribution in [0.2, 0.25) is 0 Å². The van der Waals surface area contributed by atoms with Gasteiger partial charge in [-0.1, -0.05) is 12.1 Å². The van der Waals surface area contributed by atoms with E-state index >= 15 is 0 Å². The lowest BCUT2D eigenvalue weighted by atomic mass is 10.1. The summed E-state index contributed by atoms with van der Waals surface area (Å²) in [4.78, 5) is 21.8. The fourth-order valence-electron chi connectivity index (χ4n) is 3.77. The summed E-state index contributed by atoms with van der Waals surface area (Å²) >= 11 is 0. The first-order chi connectivity index (χ1) is 15.8. The maximum absolute atomic E-state index is 5.37. The molecule has 5 heterocycles. The van der Waals surface area contributed by atoms with Crippen LogP contribution in [0.1, 0.15) is 0 Å². The predicted molar refractivity (Wildman–Crippen MR) is 122 cm³/mol. The van der Waals surface area contributed by atoms with Gasteiger partial charge in [-0.15, -0.1) is 0 Å². The Bertz CT molecular complexity index is 1570. The average molecular weight is 419 g/mol. The zero-order valence-electron chi connectivity index (χ0n) is 17.1. The van der Waals surface area contributed by atoms with Crippen LogP contribution < -0.4 is 4.74 Å². The summed E-state index contributed by atoms with van der Waals surface area (Å²) in [5.74, 6) is 1.39. The van der Waals surface area contributed by atoms with Crippen molar-refractivity contribution in [2.24, 2.45) is 0 Å². The van der Waals surface area contributed by atoms with Crippen LogP contribution in [0.3, 0.4) is 0 Å². The topological polar surface area (TPSA) is 105 Å². The Morgan fingerprint density at radius 3 is 2.59 bits per heavy atom. The number of hydrogen-bond donors (Lipinski definition) is 2. The van der Waals surface area contributed by atoms with Crippen molar-refractivity contribution >= 4 is 22.1 Å². The van der Waals surface area contributed by atoms with Gasteiger partial charge in [0.1, 0.15) is 16.8 Å². The molecule has 0 amide bonds. The molecule has 0 fully saturated rings. The van der Waals surface area contributed by atoms with Crippen LogP contribution in [-0.2, 0) is 0 Å². The van der Waals surface area contributed by atoms with Gasteiger partial charge in [0.05, 0.1) is 29.5 Å². The van der Waals surface area contributed by atoms with Gasteiger partial charge in [-0.05, 0) is 42.5 Å². The van der Waals surface area contributed by atoms with Gasteiger partial charge in [-0.25, -0.2) is 9.97 Å². The maximum atomic E-state index is 5.37. The molecule has 5 aromatic heterocycles. The number of nitrogens with zero attached hydrogens (tertiary/aromatic N) is 5. The lowest BCUT2D eigenvalue weighted by molar-refractivity contribution is 0.415. The second kappa shape index (κ2) is 7.28. The number of nitrogens with one attached hydrogen (secondary N) is 2. The van der Waals surface area contributed by atoms with Crippen molar-refractivity contribution < 1.29 is 4.74 Å². The number of hydrogen-bond acceptors (Lipinski definition) is 6. The van der Waals surface area contributed by atoms with Gasteiger partial charge in [0.15, 0.2) is 11.5 Å². The average Bonchev–Trinajstić information content (AvgIpc) is 3.48. The Kier molecular flexibility index (Phi) is 4.14.